The van der Waals surface area contributed by atoms with Crippen LogP contribution in [0, 0.1) is 5.82 Å². The molecule has 3 aliphatic rings. The van der Waals surface area contributed by atoms with Gasteiger partial charge in [0.1, 0.15) is 27.9 Å². The number of morpholine rings is 1. The molecular weight excluding hydrogens is 565 g/mol. The van der Waals surface area contributed by atoms with Crippen molar-refractivity contribution in [3.05, 3.63) is 70.3 Å². The smallest absolute Gasteiger partial charge is 0.256 e. The van der Waals surface area contributed by atoms with E-state index in [1.165, 1.54) is 6.07 Å². The molecule has 1 atom stereocenters. The number of aromatic nitrogens is 1. The lowest BCUT2D eigenvalue weighted by atomic mass is 10.0. The second-order valence-electron chi connectivity index (χ2n) is 11.7. The Labute approximate surface area is 251 Å². The average Bonchev–Trinajstić information content (AvgIpc) is 3.62. The number of benzene rings is 3. The third-order valence-electron chi connectivity index (χ3n) is 8.93. The molecule has 3 aromatic carbocycles. The highest BCUT2D eigenvalue weighted by atomic mass is 19.1. The number of amides is 1. The lowest BCUT2D eigenvalue weighted by molar-refractivity contribution is 0.0374. The Morgan fingerprint density at radius 1 is 1.05 bits per heavy atom. The van der Waals surface area contributed by atoms with Gasteiger partial charge in [-0.1, -0.05) is 18.2 Å². The third-order valence-corrected chi connectivity index (χ3v) is 8.93. The molecular formula is C33H32FN5O5. The van der Waals surface area contributed by atoms with Gasteiger partial charge in [-0.05, 0) is 37.6 Å². The van der Waals surface area contributed by atoms with Gasteiger partial charge < -0.3 is 34.4 Å². The van der Waals surface area contributed by atoms with Gasteiger partial charge in [-0.15, -0.1) is 0 Å². The van der Waals surface area contributed by atoms with Crippen LogP contribution in [0.2, 0.25) is 0 Å². The van der Waals surface area contributed by atoms with Gasteiger partial charge in [-0.25, -0.2) is 4.39 Å². The number of furan rings is 1. The number of hydrogen-bond donors (Lipinski definition) is 2. The largest absolute Gasteiger partial charge is 0.456 e. The van der Waals surface area contributed by atoms with Crippen LogP contribution in [0.4, 0.5) is 10.1 Å². The molecule has 3 aliphatic heterocycles. The molecule has 44 heavy (non-hydrogen) atoms. The second kappa shape index (κ2) is 10.6. The van der Waals surface area contributed by atoms with Crippen LogP contribution in [0.25, 0.3) is 38.5 Å². The van der Waals surface area contributed by atoms with E-state index in [4.69, 9.17) is 19.6 Å². The summed E-state index contributed by atoms with van der Waals surface area (Å²) in [6.07, 6.45) is 2.99. The SMILES string of the molecule is NC1CCN(c2c(F)cc3c(=O)c(C(=O)NCCCN4CCOCC4)cn4c3c2Oc2cc3c(cc2-4)oc2ccccc23)C1. The Kier molecular flexibility index (Phi) is 6.55. The van der Waals surface area contributed by atoms with E-state index >= 15 is 4.39 Å². The van der Waals surface area contributed by atoms with Gasteiger partial charge in [0.15, 0.2) is 17.3 Å². The van der Waals surface area contributed by atoms with Crippen molar-refractivity contribution in [3.8, 4) is 17.2 Å². The molecule has 3 N–H and O–H groups in total. The maximum absolute atomic E-state index is 16.0. The predicted octanol–water partition coefficient (Wildman–Crippen LogP) is 4.12. The Morgan fingerprint density at radius 3 is 2.70 bits per heavy atom. The number of anilines is 1. The molecule has 2 fully saturated rings. The second-order valence-corrected chi connectivity index (χ2v) is 11.7. The summed E-state index contributed by atoms with van der Waals surface area (Å²) < 4.78 is 35.8. The van der Waals surface area contributed by atoms with E-state index in [1.807, 2.05) is 41.3 Å². The number of halogens is 1. The van der Waals surface area contributed by atoms with Crippen LogP contribution in [0.5, 0.6) is 11.5 Å². The van der Waals surface area contributed by atoms with E-state index in [0.29, 0.717) is 61.8 Å². The van der Waals surface area contributed by atoms with E-state index < -0.39 is 17.2 Å². The van der Waals surface area contributed by atoms with Crippen molar-refractivity contribution < 1.29 is 23.1 Å². The summed E-state index contributed by atoms with van der Waals surface area (Å²) in [6, 6.07) is 12.6. The maximum atomic E-state index is 16.0. The van der Waals surface area contributed by atoms with E-state index in [1.54, 1.807) is 10.8 Å². The number of pyridine rings is 1. The molecule has 0 spiro atoms. The zero-order chi connectivity index (χ0) is 29.9. The molecule has 0 saturated carbocycles. The molecule has 1 amide bonds. The van der Waals surface area contributed by atoms with E-state index in [9.17, 15) is 9.59 Å². The van der Waals surface area contributed by atoms with Gasteiger partial charge in [0, 0.05) is 61.8 Å². The molecule has 5 aromatic rings. The number of nitrogens with zero attached hydrogens (tertiary/aromatic N) is 3. The highest BCUT2D eigenvalue weighted by molar-refractivity contribution is 6.07. The molecule has 0 bridgehead atoms. The summed E-state index contributed by atoms with van der Waals surface area (Å²) in [5.41, 5.74) is 8.18. The van der Waals surface area contributed by atoms with Gasteiger partial charge in [0.25, 0.3) is 5.91 Å². The van der Waals surface area contributed by atoms with Gasteiger partial charge >= 0.3 is 0 Å². The fourth-order valence-corrected chi connectivity index (χ4v) is 6.69. The minimum Gasteiger partial charge on any atom is -0.456 e. The molecule has 2 saturated heterocycles. The Hall–Kier alpha value is -4.45. The lowest BCUT2D eigenvalue weighted by Gasteiger charge is -2.29. The van der Waals surface area contributed by atoms with Crippen molar-refractivity contribution >= 4 is 44.4 Å². The highest BCUT2D eigenvalue weighted by Crippen LogP contribution is 2.48. The van der Waals surface area contributed by atoms with Gasteiger partial charge in [0.05, 0.1) is 24.3 Å². The summed E-state index contributed by atoms with van der Waals surface area (Å²) in [6.45, 7) is 5.39. The maximum Gasteiger partial charge on any atom is 0.256 e. The van der Waals surface area contributed by atoms with Gasteiger partial charge in [0.2, 0.25) is 5.43 Å². The van der Waals surface area contributed by atoms with Crippen molar-refractivity contribution in [1.82, 2.24) is 14.8 Å². The Morgan fingerprint density at radius 2 is 1.89 bits per heavy atom. The molecule has 0 aliphatic carbocycles. The molecule has 11 heteroatoms. The van der Waals surface area contributed by atoms with Crippen LogP contribution < -0.4 is 26.1 Å². The normalized spacial score (nSPS) is 18.2. The minimum absolute atomic E-state index is 0.0669. The number of nitrogens with two attached hydrogens (primary N) is 1. The summed E-state index contributed by atoms with van der Waals surface area (Å²) in [4.78, 5) is 31.4. The molecule has 0 radical (unpaired) electrons. The Balaban J connectivity index is 1.25. The molecule has 1 unspecified atom stereocenters. The first-order valence-electron chi connectivity index (χ1n) is 15.1. The molecule has 10 nitrogen and oxygen atoms in total. The van der Waals surface area contributed by atoms with Crippen LogP contribution in [-0.4, -0.2) is 73.9 Å². The summed E-state index contributed by atoms with van der Waals surface area (Å²) in [5.74, 6) is -0.388. The van der Waals surface area contributed by atoms with Crippen molar-refractivity contribution in [2.75, 3.05) is 57.4 Å². The predicted molar refractivity (Wildman–Crippen MR) is 166 cm³/mol. The van der Waals surface area contributed by atoms with E-state index in [0.717, 1.165) is 42.4 Å². The van der Waals surface area contributed by atoms with E-state index in [2.05, 4.69) is 10.2 Å². The first kappa shape index (κ1) is 27.1. The number of hydrogen-bond acceptors (Lipinski definition) is 8. The quantitative estimate of drug-likeness (QED) is 0.276. The fraction of sp³-hybridized carbons (Fsp3) is 0.333. The van der Waals surface area contributed by atoms with Crippen molar-refractivity contribution in [3.63, 3.8) is 0 Å². The van der Waals surface area contributed by atoms with Gasteiger partial charge in [-0.3, -0.25) is 14.5 Å². The van der Waals surface area contributed by atoms with Crippen molar-refractivity contribution in [2.24, 2.45) is 5.73 Å². The monoisotopic (exact) mass is 597 g/mol. The molecule has 226 valence electrons. The summed E-state index contributed by atoms with van der Waals surface area (Å²) in [5, 5.41) is 4.74. The van der Waals surface area contributed by atoms with E-state index in [-0.39, 0.29) is 28.4 Å². The summed E-state index contributed by atoms with van der Waals surface area (Å²) in [7, 11) is 0. The zero-order valence-corrected chi connectivity index (χ0v) is 24.1. The van der Waals surface area contributed by atoms with Crippen LogP contribution in [0.3, 0.4) is 0 Å². The number of para-hydroxylation sites is 1. The van der Waals surface area contributed by atoms with Crippen molar-refractivity contribution in [2.45, 2.75) is 18.9 Å². The number of carbonyl (C=O) groups is 1. The number of ether oxygens (including phenoxy) is 2. The average molecular weight is 598 g/mol. The number of nitrogens with one attached hydrogen (secondary N) is 1. The van der Waals surface area contributed by atoms with Crippen LogP contribution >= 0.6 is 0 Å². The number of fused-ring (bicyclic) bond motifs is 5. The summed E-state index contributed by atoms with van der Waals surface area (Å²) >= 11 is 0. The van der Waals surface area contributed by atoms with Crippen LogP contribution in [0.15, 0.2) is 57.9 Å². The highest BCUT2D eigenvalue weighted by Gasteiger charge is 2.33. The third kappa shape index (κ3) is 4.42. The van der Waals surface area contributed by atoms with Crippen molar-refractivity contribution in [1.29, 1.82) is 0 Å². The zero-order valence-electron chi connectivity index (χ0n) is 24.1. The minimum atomic E-state index is -0.591. The lowest BCUT2D eigenvalue weighted by Crippen LogP contribution is -2.38. The van der Waals surface area contributed by atoms with Crippen LogP contribution in [-0.2, 0) is 4.74 Å². The topological polar surface area (TPSA) is 115 Å². The first-order valence-corrected chi connectivity index (χ1v) is 15.1. The van der Waals surface area contributed by atoms with Crippen LogP contribution in [0.1, 0.15) is 23.2 Å². The fourth-order valence-electron chi connectivity index (χ4n) is 6.69. The van der Waals surface area contributed by atoms with Gasteiger partial charge in [-0.2, -0.15) is 0 Å². The number of rotatable bonds is 6. The molecule has 5 heterocycles. The molecule has 2 aromatic heterocycles. The number of carbonyl (C=O) groups excluding carboxylic acids is 1. The first-order chi connectivity index (χ1) is 21.5. The molecule has 8 rings (SSSR count). The Bertz CT molecular complexity index is 2010. The standard InChI is InChI=1S/C33H32FN5O5/c34-24-14-22-29-32(30(24)38-9-6-19(35)17-38)44-28-15-21-20-4-1-2-5-26(20)43-27(21)16-25(28)39(29)18-23(31(22)40)33(41)36-7-3-8-37-10-12-42-13-11-37/h1-2,4-5,14-16,18-19H,3,6-13,17,35H2,(H,36,41).